The zero-order chi connectivity index (χ0) is 9.40. The molecular formula is C8H17O3P. The molecule has 3 nitrogen and oxygen atoms in total. The van der Waals surface area contributed by atoms with Crippen molar-refractivity contribution < 1.29 is 14.0 Å². The summed E-state index contributed by atoms with van der Waals surface area (Å²) in [5.74, 6) is 0.351. The van der Waals surface area contributed by atoms with E-state index in [-0.39, 0.29) is 0 Å². The van der Waals surface area contributed by atoms with Gasteiger partial charge in [-0.2, -0.15) is 0 Å². The summed E-state index contributed by atoms with van der Waals surface area (Å²) in [4.78, 5) is 10.0. The molecule has 0 radical (unpaired) electrons. The van der Waals surface area contributed by atoms with E-state index in [1.54, 1.807) is 0 Å². The van der Waals surface area contributed by atoms with Gasteiger partial charge in [-0.1, -0.05) is 33.1 Å². The van der Waals surface area contributed by atoms with Crippen LogP contribution in [0.25, 0.3) is 0 Å². The maximum absolute atomic E-state index is 10.0. The van der Waals surface area contributed by atoms with E-state index in [9.17, 15) is 9.46 Å². The summed E-state index contributed by atoms with van der Waals surface area (Å²) in [6.45, 7) is 4.49. The second-order valence-corrected chi connectivity index (χ2v) is 3.83. The molecule has 0 bridgehead atoms. The lowest BCUT2D eigenvalue weighted by atomic mass is 10.0. The van der Waals surface area contributed by atoms with Crippen LogP contribution in [0.5, 0.6) is 0 Å². The van der Waals surface area contributed by atoms with Crippen molar-refractivity contribution in [3.05, 3.63) is 0 Å². The van der Waals surface area contributed by atoms with Crippen molar-refractivity contribution in [2.45, 2.75) is 39.5 Å². The highest BCUT2D eigenvalue weighted by Crippen LogP contribution is 2.15. The Bertz CT molecular complexity index is 127. The Labute approximate surface area is 75.1 Å². The van der Waals surface area contributed by atoms with Crippen molar-refractivity contribution in [2.24, 2.45) is 5.92 Å². The molecule has 0 saturated carbocycles. The summed E-state index contributed by atoms with van der Waals surface area (Å²) in [7, 11) is -2.65. The SMILES string of the molecule is CCCCCC(C)CO[P+](=O)[O-]. The van der Waals surface area contributed by atoms with E-state index in [0.29, 0.717) is 12.5 Å². The van der Waals surface area contributed by atoms with Gasteiger partial charge in [-0.15, -0.1) is 4.52 Å². The molecule has 12 heavy (non-hydrogen) atoms. The predicted octanol–water partition coefficient (Wildman–Crippen LogP) is 2.24. The summed E-state index contributed by atoms with van der Waals surface area (Å²) < 4.78 is 14.5. The highest BCUT2D eigenvalue weighted by molar-refractivity contribution is 7.30. The smallest absolute Gasteiger partial charge is 0.488 e. The summed E-state index contributed by atoms with van der Waals surface area (Å²) in [5.41, 5.74) is 0. The predicted molar refractivity (Wildman–Crippen MR) is 46.9 cm³/mol. The molecule has 0 aliphatic rings. The zero-order valence-corrected chi connectivity index (χ0v) is 8.68. The van der Waals surface area contributed by atoms with E-state index in [1.807, 2.05) is 6.92 Å². The Morgan fingerprint density at radius 2 is 2.17 bits per heavy atom. The molecule has 4 heteroatoms. The number of hydrogen-bond donors (Lipinski definition) is 0. The maximum atomic E-state index is 10.0. The second-order valence-electron chi connectivity index (χ2n) is 3.12. The molecule has 0 aromatic rings. The normalized spacial score (nSPS) is 14.4. The third kappa shape index (κ3) is 8.12. The van der Waals surface area contributed by atoms with Crippen molar-refractivity contribution in [3.63, 3.8) is 0 Å². The average Bonchev–Trinajstić information content (AvgIpc) is 2.01. The first-order chi connectivity index (χ1) is 5.66. The quantitative estimate of drug-likeness (QED) is 0.459. The average molecular weight is 192 g/mol. The van der Waals surface area contributed by atoms with E-state index in [1.165, 1.54) is 12.8 Å². The van der Waals surface area contributed by atoms with Gasteiger partial charge in [0, 0.05) is 0 Å². The van der Waals surface area contributed by atoms with Crippen LogP contribution in [0.4, 0.5) is 0 Å². The van der Waals surface area contributed by atoms with Gasteiger partial charge >= 0.3 is 8.25 Å². The molecular weight excluding hydrogens is 175 g/mol. The fourth-order valence-corrected chi connectivity index (χ4v) is 1.39. The van der Waals surface area contributed by atoms with E-state index in [4.69, 9.17) is 0 Å². The number of rotatable bonds is 7. The monoisotopic (exact) mass is 192 g/mol. The standard InChI is InChI=1S/C8H17O3P/c1-3-4-5-6-8(2)7-11-12(9)10/h8H,3-7H2,1-2H3. The molecule has 2 atom stereocenters. The molecule has 0 spiro atoms. The highest BCUT2D eigenvalue weighted by atomic mass is 31.1. The van der Waals surface area contributed by atoms with Crippen molar-refractivity contribution >= 4 is 8.25 Å². The Morgan fingerprint density at radius 1 is 1.50 bits per heavy atom. The molecule has 0 rings (SSSR count). The lowest BCUT2D eigenvalue weighted by molar-refractivity contribution is -0.186. The van der Waals surface area contributed by atoms with E-state index < -0.39 is 8.25 Å². The molecule has 72 valence electrons. The number of hydrogen-bond acceptors (Lipinski definition) is 3. The molecule has 0 aliphatic carbocycles. The lowest BCUT2D eigenvalue weighted by Crippen LogP contribution is -2.04. The Kier molecular flexibility index (Phi) is 7.67. The van der Waals surface area contributed by atoms with Crippen molar-refractivity contribution in [2.75, 3.05) is 6.61 Å². The minimum Gasteiger partial charge on any atom is -0.566 e. The van der Waals surface area contributed by atoms with Crippen molar-refractivity contribution in [1.82, 2.24) is 0 Å². The molecule has 0 aromatic heterocycles. The number of unbranched alkanes of at least 4 members (excludes halogenated alkanes) is 2. The third-order valence-corrected chi connectivity index (χ3v) is 2.12. The van der Waals surface area contributed by atoms with Gasteiger partial charge in [0.2, 0.25) is 0 Å². The van der Waals surface area contributed by atoms with Crippen LogP contribution in [-0.2, 0) is 9.09 Å². The molecule has 0 amide bonds. The van der Waals surface area contributed by atoms with Gasteiger partial charge in [0.25, 0.3) is 0 Å². The van der Waals surface area contributed by atoms with Crippen LogP contribution >= 0.6 is 8.25 Å². The zero-order valence-electron chi connectivity index (χ0n) is 7.78. The van der Waals surface area contributed by atoms with Gasteiger partial charge in [0.05, 0.1) is 0 Å². The van der Waals surface area contributed by atoms with E-state index in [0.717, 1.165) is 12.8 Å². The summed E-state index contributed by atoms with van der Waals surface area (Å²) in [5, 5.41) is 0. The second kappa shape index (κ2) is 7.66. The Morgan fingerprint density at radius 3 is 2.67 bits per heavy atom. The first-order valence-corrected chi connectivity index (χ1v) is 5.53. The first kappa shape index (κ1) is 12.0. The molecule has 0 heterocycles. The summed E-state index contributed by atoms with van der Waals surface area (Å²) >= 11 is 0. The minimum absolute atomic E-state index is 0.336. The Balaban J connectivity index is 3.21. The van der Waals surface area contributed by atoms with Gasteiger partial charge in [0.15, 0.2) is 0 Å². The molecule has 0 N–H and O–H groups in total. The van der Waals surface area contributed by atoms with Crippen LogP contribution in [0.1, 0.15) is 39.5 Å². The van der Waals surface area contributed by atoms with Crippen LogP contribution in [0.3, 0.4) is 0 Å². The highest BCUT2D eigenvalue weighted by Gasteiger charge is 2.07. The van der Waals surface area contributed by atoms with Crippen molar-refractivity contribution in [1.29, 1.82) is 0 Å². The van der Waals surface area contributed by atoms with Gasteiger partial charge in [-0.3, -0.25) is 0 Å². The first-order valence-electron chi connectivity index (χ1n) is 4.44. The lowest BCUT2D eigenvalue weighted by Gasteiger charge is -2.06. The van der Waals surface area contributed by atoms with Crippen molar-refractivity contribution in [3.8, 4) is 0 Å². The summed E-state index contributed by atoms with van der Waals surface area (Å²) in [6.07, 6.45) is 4.63. The third-order valence-electron chi connectivity index (χ3n) is 1.76. The van der Waals surface area contributed by atoms with E-state index >= 15 is 0 Å². The van der Waals surface area contributed by atoms with Crippen LogP contribution in [0.2, 0.25) is 0 Å². The molecule has 2 unspecified atom stereocenters. The van der Waals surface area contributed by atoms with Gasteiger partial charge in [-0.25, -0.2) is 0 Å². The topological polar surface area (TPSA) is 49.4 Å². The fourth-order valence-electron chi connectivity index (χ4n) is 1.01. The molecule has 0 saturated heterocycles. The maximum Gasteiger partial charge on any atom is 0.488 e. The van der Waals surface area contributed by atoms with Crippen LogP contribution < -0.4 is 4.89 Å². The molecule has 0 aliphatic heterocycles. The molecule has 0 aromatic carbocycles. The summed E-state index contributed by atoms with van der Waals surface area (Å²) in [6, 6.07) is 0. The van der Waals surface area contributed by atoms with Gasteiger partial charge < -0.3 is 4.89 Å². The van der Waals surface area contributed by atoms with Gasteiger partial charge in [0.1, 0.15) is 6.61 Å². The van der Waals surface area contributed by atoms with Crippen LogP contribution in [0.15, 0.2) is 0 Å². The minimum atomic E-state index is -2.65. The van der Waals surface area contributed by atoms with Crippen LogP contribution in [-0.4, -0.2) is 6.61 Å². The fraction of sp³-hybridized carbons (Fsp3) is 1.00. The van der Waals surface area contributed by atoms with Crippen LogP contribution in [0, 0.1) is 5.92 Å². The molecule has 0 fully saturated rings. The Hall–Kier alpha value is 0.0200. The van der Waals surface area contributed by atoms with Gasteiger partial charge in [-0.05, 0) is 16.9 Å². The van der Waals surface area contributed by atoms with E-state index in [2.05, 4.69) is 11.4 Å². The largest absolute Gasteiger partial charge is 0.566 e.